The Morgan fingerprint density at radius 2 is 2.25 bits per heavy atom. The molecule has 1 aromatic heterocycles. The van der Waals surface area contributed by atoms with Gasteiger partial charge in [-0.3, -0.25) is 0 Å². The van der Waals surface area contributed by atoms with Gasteiger partial charge in [0.2, 0.25) is 0 Å². The fourth-order valence-electron chi connectivity index (χ4n) is 2.64. The maximum Gasteiger partial charge on any atom is 0.128 e. The third kappa shape index (κ3) is 3.93. The van der Waals surface area contributed by atoms with E-state index in [4.69, 9.17) is 15.5 Å². The molecule has 1 aliphatic rings. The molecule has 1 fully saturated rings. The molecule has 4 heteroatoms. The predicted molar refractivity (Wildman–Crippen MR) is 83.0 cm³/mol. The summed E-state index contributed by atoms with van der Waals surface area (Å²) in [4.78, 5) is 7.02. The molecule has 2 N–H and O–H groups in total. The Kier molecular flexibility index (Phi) is 5.38. The van der Waals surface area contributed by atoms with E-state index in [1.165, 1.54) is 12.8 Å². The van der Waals surface area contributed by atoms with E-state index in [2.05, 4.69) is 37.9 Å². The third-order valence-corrected chi connectivity index (χ3v) is 3.90. The highest BCUT2D eigenvalue weighted by Crippen LogP contribution is 2.22. The van der Waals surface area contributed by atoms with Crippen LogP contribution >= 0.6 is 0 Å². The van der Waals surface area contributed by atoms with Crippen molar-refractivity contribution >= 4 is 5.82 Å². The lowest BCUT2D eigenvalue weighted by molar-refractivity contribution is 0.0576. The molecule has 1 aromatic rings. The molecule has 0 saturated carbocycles. The first-order valence-electron chi connectivity index (χ1n) is 7.60. The van der Waals surface area contributed by atoms with Crippen LogP contribution in [0.4, 0.5) is 5.82 Å². The van der Waals surface area contributed by atoms with Crippen molar-refractivity contribution in [2.45, 2.75) is 39.2 Å². The van der Waals surface area contributed by atoms with Crippen molar-refractivity contribution in [3.63, 3.8) is 0 Å². The van der Waals surface area contributed by atoms with Gasteiger partial charge in [0.25, 0.3) is 0 Å². The minimum Gasteiger partial charge on any atom is -0.381 e. The quantitative estimate of drug-likeness (QED) is 0.898. The van der Waals surface area contributed by atoms with Crippen LogP contribution in [0.25, 0.3) is 0 Å². The lowest BCUT2D eigenvalue weighted by Gasteiger charge is -2.28. The van der Waals surface area contributed by atoms with Crippen LogP contribution < -0.4 is 10.6 Å². The van der Waals surface area contributed by atoms with Gasteiger partial charge in [-0.2, -0.15) is 0 Å². The van der Waals surface area contributed by atoms with E-state index < -0.39 is 0 Å². The van der Waals surface area contributed by atoms with E-state index in [1.807, 2.05) is 0 Å². The molecule has 4 nitrogen and oxygen atoms in total. The average Bonchev–Trinajstić information content (AvgIpc) is 2.47. The van der Waals surface area contributed by atoms with Crippen LogP contribution in [0.3, 0.4) is 0 Å². The number of rotatable bonds is 5. The molecular weight excluding hydrogens is 250 g/mol. The smallest absolute Gasteiger partial charge is 0.128 e. The summed E-state index contributed by atoms with van der Waals surface area (Å²) < 4.78 is 5.56. The highest BCUT2D eigenvalue weighted by molar-refractivity contribution is 5.42. The highest BCUT2D eigenvalue weighted by Gasteiger charge is 2.17. The molecule has 1 aliphatic heterocycles. The van der Waals surface area contributed by atoms with Crippen LogP contribution in [-0.2, 0) is 11.3 Å². The number of anilines is 1. The number of ether oxygens (including phenoxy) is 1. The molecule has 1 atom stereocenters. The fourth-order valence-corrected chi connectivity index (χ4v) is 2.64. The highest BCUT2D eigenvalue weighted by atomic mass is 16.5. The summed E-state index contributed by atoms with van der Waals surface area (Å²) in [6, 6.07) is 4.22. The van der Waals surface area contributed by atoms with Crippen molar-refractivity contribution in [2.24, 2.45) is 11.7 Å². The zero-order chi connectivity index (χ0) is 14.5. The van der Waals surface area contributed by atoms with Crippen LogP contribution in [0.5, 0.6) is 0 Å². The maximum absolute atomic E-state index is 5.81. The summed E-state index contributed by atoms with van der Waals surface area (Å²) in [6.07, 6.45) is 2.42. The van der Waals surface area contributed by atoms with Crippen LogP contribution in [-0.4, -0.2) is 31.8 Å². The summed E-state index contributed by atoms with van der Waals surface area (Å²) in [5.41, 5.74) is 8.08. The first-order valence-corrected chi connectivity index (χ1v) is 7.60. The van der Waals surface area contributed by atoms with Gasteiger partial charge in [0.05, 0.1) is 6.61 Å². The van der Waals surface area contributed by atoms with Crippen LogP contribution in [0.1, 0.15) is 43.9 Å². The minimum absolute atomic E-state index is 0.423. The molecule has 0 amide bonds. The summed E-state index contributed by atoms with van der Waals surface area (Å²) >= 11 is 0. The monoisotopic (exact) mass is 277 g/mol. The van der Waals surface area contributed by atoms with Crippen molar-refractivity contribution in [3.05, 3.63) is 23.4 Å². The van der Waals surface area contributed by atoms with Crippen molar-refractivity contribution < 1.29 is 4.74 Å². The van der Waals surface area contributed by atoms with Crippen molar-refractivity contribution in [2.75, 3.05) is 31.7 Å². The van der Waals surface area contributed by atoms with Gasteiger partial charge in [0.1, 0.15) is 5.82 Å². The minimum atomic E-state index is 0.423. The topological polar surface area (TPSA) is 51.4 Å². The number of pyridine rings is 1. The standard InChI is InChI=1S/C16H27N3O/c1-12(2)15-7-14(9-17)8-16(18-15)19(3)10-13-5-4-6-20-11-13/h7-8,12-13H,4-6,9-11,17H2,1-3H3. The predicted octanol–water partition coefficient (Wildman–Crippen LogP) is 2.53. The first kappa shape index (κ1) is 15.3. The second kappa shape index (κ2) is 7.04. The maximum atomic E-state index is 5.81. The Bertz CT molecular complexity index is 428. The molecule has 0 aliphatic carbocycles. The molecule has 1 saturated heterocycles. The summed E-state index contributed by atoms with van der Waals surface area (Å²) in [5.74, 6) is 2.06. The van der Waals surface area contributed by atoms with Gasteiger partial charge in [0, 0.05) is 32.4 Å². The molecule has 0 aromatic carbocycles. The molecule has 0 radical (unpaired) electrons. The molecular formula is C16H27N3O. The van der Waals surface area contributed by atoms with Crippen molar-refractivity contribution in [3.8, 4) is 0 Å². The largest absolute Gasteiger partial charge is 0.381 e. The van der Waals surface area contributed by atoms with E-state index in [1.54, 1.807) is 0 Å². The Labute approximate surface area is 122 Å². The lowest BCUT2D eigenvalue weighted by Crippen LogP contribution is -2.31. The summed E-state index contributed by atoms with van der Waals surface area (Å²) in [6.45, 7) is 7.69. The average molecular weight is 277 g/mol. The van der Waals surface area contributed by atoms with E-state index in [9.17, 15) is 0 Å². The molecule has 1 unspecified atom stereocenters. The molecule has 112 valence electrons. The van der Waals surface area contributed by atoms with E-state index >= 15 is 0 Å². The fraction of sp³-hybridized carbons (Fsp3) is 0.688. The van der Waals surface area contributed by atoms with Gasteiger partial charge in [0.15, 0.2) is 0 Å². The van der Waals surface area contributed by atoms with Gasteiger partial charge < -0.3 is 15.4 Å². The van der Waals surface area contributed by atoms with Gasteiger partial charge >= 0.3 is 0 Å². The Hall–Kier alpha value is -1.13. The van der Waals surface area contributed by atoms with Crippen molar-refractivity contribution in [1.82, 2.24) is 4.98 Å². The SMILES string of the molecule is CC(C)c1cc(CN)cc(N(C)CC2CCCOC2)n1. The Morgan fingerprint density at radius 3 is 2.85 bits per heavy atom. The number of hydrogen-bond donors (Lipinski definition) is 1. The zero-order valence-corrected chi connectivity index (χ0v) is 12.9. The third-order valence-electron chi connectivity index (χ3n) is 3.90. The van der Waals surface area contributed by atoms with Gasteiger partial charge in [-0.1, -0.05) is 13.8 Å². The Morgan fingerprint density at radius 1 is 1.45 bits per heavy atom. The van der Waals surface area contributed by atoms with Gasteiger partial charge in [-0.05, 0) is 42.4 Å². The second-order valence-electron chi connectivity index (χ2n) is 6.08. The number of aromatic nitrogens is 1. The van der Waals surface area contributed by atoms with Gasteiger partial charge in [-0.15, -0.1) is 0 Å². The van der Waals surface area contributed by atoms with E-state index in [0.29, 0.717) is 18.4 Å². The lowest BCUT2D eigenvalue weighted by atomic mass is 10.0. The number of hydrogen-bond acceptors (Lipinski definition) is 4. The molecule has 20 heavy (non-hydrogen) atoms. The van der Waals surface area contributed by atoms with Crippen LogP contribution in [0, 0.1) is 5.92 Å². The zero-order valence-electron chi connectivity index (χ0n) is 12.9. The first-order chi connectivity index (χ1) is 9.60. The van der Waals surface area contributed by atoms with Crippen LogP contribution in [0.15, 0.2) is 12.1 Å². The number of nitrogens with two attached hydrogens (primary N) is 1. The molecule has 0 bridgehead atoms. The molecule has 0 spiro atoms. The second-order valence-corrected chi connectivity index (χ2v) is 6.08. The van der Waals surface area contributed by atoms with E-state index in [0.717, 1.165) is 36.8 Å². The normalized spacial score (nSPS) is 19.4. The summed E-state index contributed by atoms with van der Waals surface area (Å²) in [5, 5.41) is 0. The molecule has 2 rings (SSSR count). The van der Waals surface area contributed by atoms with Gasteiger partial charge in [-0.25, -0.2) is 4.98 Å². The molecule has 2 heterocycles. The Balaban J connectivity index is 2.11. The number of nitrogens with zero attached hydrogens (tertiary/aromatic N) is 2. The van der Waals surface area contributed by atoms with Crippen molar-refractivity contribution in [1.29, 1.82) is 0 Å². The van der Waals surface area contributed by atoms with E-state index in [-0.39, 0.29) is 0 Å². The van der Waals surface area contributed by atoms with Crippen LogP contribution in [0.2, 0.25) is 0 Å². The summed E-state index contributed by atoms with van der Waals surface area (Å²) in [7, 11) is 2.11.